The molecule has 0 aliphatic carbocycles. The number of carboxylic acids is 1. The van der Waals surface area contributed by atoms with Gasteiger partial charge in [-0.3, -0.25) is 4.79 Å². The van der Waals surface area contributed by atoms with Gasteiger partial charge < -0.3 is 19.5 Å². The van der Waals surface area contributed by atoms with Crippen LogP contribution >= 0.6 is 0 Å². The van der Waals surface area contributed by atoms with Crippen LogP contribution in [0, 0.1) is 0 Å². The van der Waals surface area contributed by atoms with Crippen molar-refractivity contribution in [2.75, 3.05) is 25.7 Å². The second-order valence-corrected chi connectivity index (χ2v) is 4.18. The minimum atomic E-state index is -0.992. The van der Waals surface area contributed by atoms with E-state index in [4.69, 9.17) is 5.11 Å². The van der Waals surface area contributed by atoms with Crippen LogP contribution in [0.15, 0.2) is 6.33 Å². The van der Waals surface area contributed by atoms with Crippen molar-refractivity contribution in [3.05, 3.63) is 12.0 Å². The molecule has 1 amide bonds. The number of aliphatic carboxylic acids is 1. The monoisotopic (exact) mass is 238 g/mol. The van der Waals surface area contributed by atoms with Crippen LogP contribution in [0.3, 0.4) is 0 Å². The zero-order valence-corrected chi connectivity index (χ0v) is 9.91. The third-order valence-corrected chi connectivity index (χ3v) is 2.88. The summed E-state index contributed by atoms with van der Waals surface area (Å²) >= 11 is 0. The van der Waals surface area contributed by atoms with E-state index in [-0.39, 0.29) is 5.91 Å². The van der Waals surface area contributed by atoms with Gasteiger partial charge in [0.2, 0.25) is 0 Å². The van der Waals surface area contributed by atoms with Crippen molar-refractivity contribution in [1.82, 2.24) is 14.5 Å². The lowest BCUT2D eigenvalue weighted by molar-refractivity contribution is -0.140. The number of carbonyl (C=O) groups is 2. The predicted molar refractivity (Wildman–Crippen MR) is 59.9 cm³/mol. The summed E-state index contributed by atoms with van der Waals surface area (Å²) < 4.78 is 1.40. The first-order valence-corrected chi connectivity index (χ1v) is 5.19. The minimum absolute atomic E-state index is 0.205. The predicted octanol–water partition coefficient (Wildman–Crippen LogP) is 0.00800. The highest BCUT2D eigenvalue weighted by molar-refractivity contribution is 5.99. The lowest BCUT2D eigenvalue weighted by Crippen LogP contribution is -2.43. The van der Waals surface area contributed by atoms with E-state index < -0.39 is 12.0 Å². The fourth-order valence-electron chi connectivity index (χ4n) is 1.88. The summed E-state index contributed by atoms with van der Waals surface area (Å²) in [6, 6.07) is -0.810. The van der Waals surface area contributed by atoms with Crippen molar-refractivity contribution in [2.45, 2.75) is 13.0 Å². The third-order valence-electron chi connectivity index (χ3n) is 2.88. The lowest BCUT2D eigenvalue weighted by atomic mass is 10.2. The Morgan fingerprint density at radius 3 is 2.71 bits per heavy atom. The summed E-state index contributed by atoms with van der Waals surface area (Å²) in [5.41, 5.74) is 0.330. The van der Waals surface area contributed by atoms with Gasteiger partial charge in [-0.15, -0.1) is 0 Å². The molecule has 1 aliphatic heterocycles. The summed E-state index contributed by atoms with van der Waals surface area (Å²) in [5, 5.41) is 8.99. The first kappa shape index (κ1) is 11.4. The highest BCUT2D eigenvalue weighted by Gasteiger charge is 2.32. The van der Waals surface area contributed by atoms with Crippen LogP contribution in [-0.4, -0.2) is 52.2 Å². The summed E-state index contributed by atoms with van der Waals surface area (Å²) in [6.07, 6.45) is 1.40. The third kappa shape index (κ3) is 1.63. The number of amides is 1. The molecular weight excluding hydrogens is 224 g/mol. The van der Waals surface area contributed by atoms with Crippen molar-refractivity contribution < 1.29 is 14.7 Å². The van der Waals surface area contributed by atoms with E-state index in [1.807, 2.05) is 11.9 Å². The van der Waals surface area contributed by atoms with E-state index in [1.165, 1.54) is 22.7 Å². The average Bonchev–Trinajstić information content (AvgIpc) is 2.69. The van der Waals surface area contributed by atoms with Crippen LogP contribution < -0.4 is 4.90 Å². The van der Waals surface area contributed by atoms with Gasteiger partial charge in [-0.2, -0.15) is 0 Å². The molecule has 1 unspecified atom stereocenters. The standard InChI is InChI=1S/C10H14N4O3/c1-6(10(16)17)14-4-11-8-7(14)9(15)13(3)5-12(8)2/h4,6H,5H2,1-3H3,(H,16,17). The first-order chi connectivity index (χ1) is 7.93. The van der Waals surface area contributed by atoms with E-state index >= 15 is 0 Å². The van der Waals surface area contributed by atoms with Crippen LogP contribution in [0.1, 0.15) is 23.5 Å². The van der Waals surface area contributed by atoms with Gasteiger partial charge in [0.15, 0.2) is 11.5 Å². The normalized spacial score (nSPS) is 17.0. The van der Waals surface area contributed by atoms with Gasteiger partial charge in [0.25, 0.3) is 5.91 Å². The molecule has 1 aromatic heterocycles. The highest BCUT2D eigenvalue weighted by atomic mass is 16.4. The number of fused-ring (bicyclic) bond motifs is 1. The second kappa shape index (κ2) is 3.76. The number of aromatic nitrogens is 2. The smallest absolute Gasteiger partial charge is 0.326 e. The van der Waals surface area contributed by atoms with Crippen LogP contribution in [-0.2, 0) is 4.79 Å². The molecule has 7 nitrogen and oxygen atoms in total. The van der Waals surface area contributed by atoms with Crippen molar-refractivity contribution in [3.8, 4) is 0 Å². The van der Waals surface area contributed by atoms with Crippen molar-refractivity contribution in [3.63, 3.8) is 0 Å². The van der Waals surface area contributed by atoms with Crippen LogP contribution in [0.5, 0.6) is 0 Å². The molecule has 0 radical (unpaired) electrons. The molecule has 1 N–H and O–H groups in total. The summed E-state index contributed by atoms with van der Waals surface area (Å²) in [5.74, 6) is -0.668. The fourth-order valence-corrected chi connectivity index (χ4v) is 1.88. The molecule has 0 saturated carbocycles. The maximum atomic E-state index is 12.0. The number of carboxylic acid groups (broad SMARTS) is 1. The maximum absolute atomic E-state index is 12.0. The van der Waals surface area contributed by atoms with E-state index in [2.05, 4.69) is 4.98 Å². The number of imidazole rings is 1. The average molecular weight is 238 g/mol. The van der Waals surface area contributed by atoms with Crippen molar-refractivity contribution in [1.29, 1.82) is 0 Å². The number of hydrogen-bond donors (Lipinski definition) is 1. The van der Waals surface area contributed by atoms with Gasteiger partial charge in [0.1, 0.15) is 6.04 Å². The topological polar surface area (TPSA) is 78.7 Å². The van der Waals surface area contributed by atoms with Gasteiger partial charge in [-0.05, 0) is 6.92 Å². The molecule has 0 saturated heterocycles. The van der Waals surface area contributed by atoms with Crippen LogP contribution in [0.25, 0.3) is 0 Å². The second-order valence-electron chi connectivity index (χ2n) is 4.18. The first-order valence-electron chi connectivity index (χ1n) is 5.19. The van der Waals surface area contributed by atoms with Crippen LogP contribution in [0.2, 0.25) is 0 Å². The molecule has 17 heavy (non-hydrogen) atoms. The molecule has 1 aromatic rings. The Kier molecular flexibility index (Phi) is 2.53. The number of rotatable bonds is 2. The minimum Gasteiger partial charge on any atom is -0.480 e. The molecule has 0 aromatic carbocycles. The Morgan fingerprint density at radius 2 is 2.12 bits per heavy atom. The zero-order chi connectivity index (χ0) is 12.7. The Bertz CT molecular complexity index is 482. The molecular formula is C10H14N4O3. The molecule has 92 valence electrons. The van der Waals surface area contributed by atoms with E-state index in [1.54, 1.807) is 7.05 Å². The Morgan fingerprint density at radius 1 is 1.47 bits per heavy atom. The van der Waals surface area contributed by atoms with E-state index in [0.717, 1.165) is 0 Å². The number of nitrogens with zero attached hydrogens (tertiary/aromatic N) is 4. The van der Waals surface area contributed by atoms with Gasteiger partial charge in [0.05, 0.1) is 13.0 Å². The van der Waals surface area contributed by atoms with Crippen molar-refractivity contribution >= 4 is 17.7 Å². The number of anilines is 1. The Hall–Kier alpha value is -2.05. The quantitative estimate of drug-likeness (QED) is 0.785. The van der Waals surface area contributed by atoms with E-state index in [9.17, 15) is 9.59 Å². The van der Waals surface area contributed by atoms with Gasteiger partial charge >= 0.3 is 5.97 Å². The largest absolute Gasteiger partial charge is 0.480 e. The molecule has 0 spiro atoms. The van der Waals surface area contributed by atoms with Crippen LogP contribution in [0.4, 0.5) is 5.82 Å². The Labute approximate surface area is 98.3 Å². The van der Waals surface area contributed by atoms with Gasteiger partial charge in [-0.1, -0.05) is 0 Å². The molecule has 7 heteroatoms. The number of carbonyl (C=O) groups excluding carboxylic acids is 1. The molecule has 1 atom stereocenters. The molecule has 2 rings (SSSR count). The SMILES string of the molecule is CC(C(=O)O)n1cnc2c1C(=O)N(C)CN2C. The molecule has 0 fully saturated rings. The Balaban J connectivity index is 2.53. The molecule has 2 heterocycles. The highest BCUT2D eigenvalue weighted by Crippen LogP contribution is 2.26. The maximum Gasteiger partial charge on any atom is 0.326 e. The van der Waals surface area contributed by atoms with Gasteiger partial charge in [0, 0.05) is 14.1 Å². The number of hydrogen-bond acceptors (Lipinski definition) is 4. The lowest BCUT2D eigenvalue weighted by Gasteiger charge is -2.31. The van der Waals surface area contributed by atoms with Gasteiger partial charge in [-0.25, -0.2) is 9.78 Å². The zero-order valence-electron chi connectivity index (χ0n) is 9.91. The van der Waals surface area contributed by atoms with Crippen molar-refractivity contribution in [2.24, 2.45) is 0 Å². The van der Waals surface area contributed by atoms with E-state index in [0.29, 0.717) is 18.2 Å². The summed E-state index contributed by atoms with van der Waals surface area (Å²) in [7, 11) is 3.48. The molecule has 1 aliphatic rings. The summed E-state index contributed by atoms with van der Waals surface area (Å²) in [6.45, 7) is 1.97. The fraction of sp³-hybridized carbons (Fsp3) is 0.500. The molecule has 0 bridgehead atoms. The summed E-state index contributed by atoms with van der Waals surface area (Å²) in [4.78, 5) is 30.4.